The lowest BCUT2D eigenvalue weighted by Gasteiger charge is -2.34. The molecule has 1 aliphatic rings. The molecule has 0 radical (unpaired) electrons. The maximum atomic E-state index is 13.1. The van der Waals surface area contributed by atoms with Gasteiger partial charge in [0.25, 0.3) is 0 Å². The average Bonchev–Trinajstić information content (AvgIpc) is 3.36. The lowest BCUT2D eigenvalue weighted by Crippen LogP contribution is -2.49. The smallest absolute Gasteiger partial charge is 0.243 e. The van der Waals surface area contributed by atoms with Crippen LogP contribution in [0, 0.1) is 11.3 Å². The minimum atomic E-state index is -0.365. The first kappa shape index (κ1) is 32.9. The van der Waals surface area contributed by atoms with Crippen LogP contribution in [-0.4, -0.2) is 42.3 Å². The summed E-state index contributed by atoms with van der Waals surface area (Å²) in [6.07, 6.45) is 4.41. The van der Waals surface area contributed by atoms with Gasteiger partial charge in [0.15, 0.2) is 0 Å². The van der Waals surface area contributed by atoms with Crippen molar-refractivity contribution in [3.8, 4) is 0 Å². The van der Waals surface area contributed by atoms with Crippen LogP contribution in [-0.2, 0) is 16.1 Å². The molecule has 2 amide bonds. The Labute approximate surface area is 219 Å². The number of thioether (sulfide) groups is 1. The molecule has 5 nitrogen and oxygen atoms in total. The average molecular weight is 504 g/mol. The maximum Gasteiger partial charge on any atom is 0.243 e. The summed E-state index contributed by atoms with van der Waals surface area (Å²) in [5.41, 5.74) is 2.91. The molecule has 0 spiro atoms. The molecular formula is C29H49N3O2S. The minimum Gasteiger partial charge on any atom is -0.350 e. The SMILES string of the molecule is C=N/C(C)=C(\SC)c1ccc(CNC(=O)C2CCCN2C(=O)C(CC)C(C)(C)C)cc1.CC.CC. The van der Waals surface area contributed by atoms with Gasteiger partial charge >= 0.3 is 0 Å². The van der Waals surface area contributed by atoms with Gasteiger partial charge in [0, 0.05) is 23.9 Å². The second-order valence-corrected chi connectivity index (χ2v) is 10.0. The Balaban J connectivity index is 0.00000274. The van der Waals surface area contributed by atoms with E-state index in [9.17, 15) is 9.59 Å². The summed E-state index contributed by atoms with van der Waals surface area (Å²) in [6, 6.07) is 7.76. The molecule has 0 aromatic heterocycles. The maximum absolute atomic E-state index is 13.1. The number of hydrogen-bond acceptors (Lipinski definition) is 4. The molecule has 0 aliphatic carbocycles. The van der Waals surface area contributed by atoms with Crippen molar-refractivity contribution in [2.75, 3.05) is 12.8 Å². The summed E-state index contributed by atoms with van der Waals surface area (Å²) in [7, 11) is 0. The van der Waals surface area contributed by atoms with Crippen molar-refractivity contribution in [1.29, 1.82) is 0 Å². The van der Waals surface area contributed by atoms with Crippen LogP contribution in [0.25, 0.3) is 4.91 Å². The normalized spacial score (nSPS) is 16.6. The lowest BCUT2D eigenvalue weighted by molar-refractivity contribution is -0.144. The van der Waals surface area contributed by atoms with Gasteiger partial charge in [-0.2, -0.15) is 0 Å². The van der Waals surface area contributed by atoms with Gasteiger partial charge in [-0.05, 0) is 55.7 Å². The molecule has 1 saturated heterocycles. The number of benzene rings is 1. The van der Waals surface area contributed by atoms with Crippen molar-refractivity contribution in [1.82, 2.24) is 10.2 Å². The monoisotopic (exact) mass is 503 g/mol. The van der Waals surface area contributed by atoms with Crippen LogP contribution in [0.3, 0.4) is 0 Å². The largest absolute Gasteiger partial charge is 0.350 e. The van der Waals surface area contributed by atoms with E-state index in [0.29, 0.717) is 13.1 Å². The zero-order chi connectivity index (χ0) is 27.2. The van der Waals surface area contributed by atoms with E-state index in [-0.39, 0.29) is 29.2 Å². The first-order valence-corrected chi connectivity index (χ1v) is 14.3. The second kappa shape index (κ2) is 16.6. The van der Waals surface area contributed by atoms with E-state index < -0.39 is 0 Å². The molecule has 1 aromatic rings. The molecule has 6 heteroatoms. The van der Waals surface area contributed by atoms with E-state index in [1.54, 1.807) is 16.7 Å². The molecule has 1 aliphatic heterocycles. The van der Waals surface area contributed by atoms with Crippen molar-refractivity contribution in [3.63, 3.8) is 0 Å². The second-order valence-electron chi connectivity index (χ2n) is 9.21. The van der Waals surface area contributed by atoms with Crippen LogP contribution in [0.5, 0.6) is 0 Å². The molecule has 2 unspecified atom stereocenters. The van der Waals surface area contributed by atoms with E-state index in [1.807, 2.05) is 72.1 Å². The minimum absolute atomic E-state index is 0.0601. The Kier molecular flexibility index (Phi) is 15.6. The molecule has 2 rings (SSSR count). The number of nitrogens with zero attached hydrogens (tertiary/aromatic N) is 2. The molecule has 1 fully saturated rings. The fourth-order valence-electron chi connectivity index (χ4n) is 4.29. The summed E-state index contributed by atoms with van der Waals surface area (Å²) in [5.74, 6) is -0.0182. The van der Waals surface area contributed by atoms with Gasteiger partial charge in [-0.3, -0.25) is 14.6 Å². The standard InChI is InChI=1S/C25H37N3O2S.2C2H6/c1-8-20(25(3,4)5)24(30)28-15-9-10-21(28)23(29)27-16-18-11-13-19(14-12-18)22(31-7)17(2)26-6;2*1-2/h11-14,20-21H,6,8-10,15-16H2,1-5,7H3,(H,27,29);2*1-2H3/b22-17-;;. The van der Waals surface area contributed by atoms with Crippen LogP contribution in [0.1, 0.15) is 92.7 Å². The lowest BCUT2D eigenvalue weighted by atomic mass is 9.78. The molecule has 198 valence electrons. The zero-order valence-electron chi connectivity index (χ0n) is 23.8. The highest BCUT2D eigenvalue weighted by molar-refractivity contribution is 8.07. The van der Waals surface area contributed by atoms with Gasteiger partial charge in [-0.15, -0.1) is 11.8 Å². The molecule has 2 atom stereocenters. The fraction of sp³-hybridized carbons (Fsp3) is 0.621. The van der Waals surface area contributed by atoms with E-state index in [2.05, 4.69) is 37.8 Å². The quantitative estimate of drug-likeness (QED) is 0.382. The number of carbonyl (C=O) groups excluding carboxylic acids is 2. The number of likely N-dealkylation sites (tertiary alicyclic amines) is 1. The van der Waals surface area contributed by atoms with Gasteiger partial charge in [0.05, 0.1) is 5.70 Å². The topological polar surface area (TPSA) is 61.8 Å². The van der Waals surface area contributed by atoms with Crippen LogP contribution < -0.4 is 5.32 Å². The highest BCUT2D eigenvalue weighted by atomic mass is 32.2. The zero-order valence-corrected chi connectivity index (χ0v) is 24.6. The van der Waals surface area contributed by atoms with Crippen LogP contribution >= 0.6 is 11.8 Å². The number of allylic oxidation sites excluding steroid dienone is 1. The van der Waals surface area contributed by atoms with E-state index in [1.165, 1.54) is 0 Å². The fourth-order valence-corrected chi connectivity index (χ4v) is 5.02. The predicted molar refractivity (Wildman–Crippen MR) is 155 cm³/mol. The predicted octanol–water partition coefficient (Wildman–Crippen LogP) is 7.17. The van der Waals surface area contributed by atoms with Crippen molar-refractivity contribution < 1.29 is 9.59 Å². The highest BCUT2D eigenvalue weighted by Crippen LogP contribution is 2.33. The summed E-state index contributed by atoms with van der Waals surface area (Å²) < 4.78 is 0. The van der Waals surface area contributed by atoms with Gasteiger partial charge in [0.2, 0.25) is 11.8 Å². The first-order chi connectivity index (χ1) is 16.6. The Morgan fingerprint density at radius 2 is 1.74 bits per heavy atom. The van der Waals surface area contributed by atoms with Gasteiger partial charge in [0.1, 0.15) is 6.04 Å². The van der Waals surface area contributed by atoms with Crippen LogP contribution in [0.15, 0.2) is 35.0 Å². The van der Waals surface area contributed by atoms with Gasteiger partial charge in [-0.1, -0.05) is 79.7 Å². The Bertz CT molecular complexity index is 825. The molecule has 0 saturated carbocycles. The third-order valence-electron chi connectivity index (χ3n) is 6.04. The van der Waals surface area contributed by atoms with Crippen molar-refractivity contribution >= 4 is 35.2 Å². The molecule has 1 heterocycles. The van der Waals surface area contributed by atoms with Gasteiger partial charge in [-0.25, -0.2) is 0 Å². The van der Waals surface area contributed by atoms with Gasteiger partial charge < -0.3 is 10.2 Å². The molecule has 1 aromatic carbocycles. The van der Waals surface area contributed by atoms with Crippen molar-refractivity contribution in [2.24, 2.45) is 16.3 Å². The first-order valence-electron chi connectivity index (χ1n) is 13.0. The summed E-state index contributed by atoms with van der Waals surface area (Å²) in [4.78, 5) is 33.0. The van der Waals surface area contributed by atoms with E-state index in [0.717, 1.165) is 41.0 Å². The number of carbonyl (C=O) groups is 2. The summed E-state index contributed by atoms with van der Waals surface area (Å²) in [5, 5.41) is 3.04. The third kappa shape index (κ3) is 9.47. The Hall–Kier alpha value is -2.08. The highest BCUT2D eigenvalue weighted by Gasteiger charge is 2.40. The summed E-state index contributed by atoms with van der Waals surface area (Å²) >= 11 is 1.64. The molecule has 0 bridgehead atoms. The van der Waals surface area contributed by atoms with E-state index >= 15 is 0 Å². The molecule has 35 heavy (non-hydrogen) atoms. The van der Waals surface area contributed by atoms with Crippen LogP contribution in [0.2, 0.25) is 0 Å². The number of hydrogen-bond donors (Lipinski definition) is 1. The third-order valence-corrected chi connectivity index (χ3v) is 6.98. The van der Waals surface area contributed by atoms with Crippen LogP contribution in [0.4, 0.5) is 0 Å². The number of amides is 2. The Morgan fingerprint density at radius 3 is 2.20 bits per heavy atom. The number of aliphatic imine (C=N–C) groups is 1. The van der Waals surface area contributed by atoms with E-state index in [4.69, 9.17) is 0 Å². The Morgan fingerprint density at radius 1 is 1.17 bits per heavy atom. The number of rotatable bonds is 8. The van der Waals surface area contributed by atoms with Crippen molar-refractivity contribution in [3.05, 3.63) is 41.1 Å². The number of nitrogens with one attached hydrogen (secondary N) is 1. The van der Waals surface area contributed by atoms with Crippen molar-refractivity contribution in [2.45, 2.75) is 94.2 Å². The molecule has 1 N–H and O–H groups in total. The molecular weight excluding hydrogens is 454 g/mol. The summed E-state index contributed by atoms with van der Waals surface area (Å²) in [6.45, 7) is 23.0.